The van der Waals surface area contributed by atoms with Crippen LogP contribution in [0, 0.1) is 18.7 Å². The second-order valence-corrected chi connectivity index (χ2v) is 5.14. The lowest BCUT2D eigenvalue weighted by molar-refractivity contribution is 0.281. The second-order valence-electron chi connectivity index (χ2n) is 4.73. The Balaban J connectivity index is 2.71. The quantitative estimate of drug-likeness (QED) is 0.880. The third-order valence-electron chi connectivity index (χ3n) is 2.79. The summed E-state index contributed by atoms with van der Waals surface area (Å²) in [5.74, 6) is 0.221. The van der Waals surface area contributed by atoms with E-state index >= 15 is 0 Å². The Hall–Kier alpha value is -0.640. The van der Waals surface area contributed by atoms with E-state index in [9.17, 15) is 4.39 Å². The topological polar surface area (TPSA) is 29.3 Å². The summed E-state index contributed by atoms with van der Waals surface area (Å²) >= 11 is 6.10. The number of aryl methyl sites for hydroxylation is 1. The van der Waals surface area contributed by atoms with E-state index in [1.165, 1.54) is 6.07 Å². The molecule has 0 saturated heterocycles. The van der Waals surface area contributed by atoms with Gasteiger partial charge in [0.05, 0.1) is 0 Å². The fourth-order valence-electron chi connectivity index (χ4n) is 1.77. The average Bonchev–Trinajstić information content (AvgIpc) is 2.25. The molecular formula is C13H20ClFN2. The van der Waals surface area contributed by atoms with Crippen molar-refractivity contribution >= 4 is 11.6 Å². The maximum atomic E-state index is 13.4. The lowest BCUT2D eigenvalue weighted by atomic mass is 10.1. The third-order valence-corrected chi connectivity index (χ3v) is 3.15. The molecule has 0 aliphatic carbocycles. The van der Waals surface area contributed by atoms with Gasteiger partial charge in [0.25, 0.3) is 0 Å². The first-order valence-corrected chi connectivity index (χ1v) is 6.15. The van der Waals surface area contributed by atoms with Crippen molar-refractivity contribution < 1.29 is 4.39 Å². The maximum Gasteiger partial charge on any atom is 0.126 e. The number of hydrogen-bond acceptors (Lipinski definition) is 2. The summed E-state index contributed by atoms with van der Waals surface area (Å²) in [6.45, 7) is 5.97. The van der Waals surface area contributed by atoms with Crippen molar-refractivity contribution in [1.82, 2.24) is 4.90 Å². The normalized spacial score (nSPS) is 13.1. The second kappa shape index (κ2) is 6.34. The van der Waals surface area contributed by atoms with E-state index in [1.807, 2.05) is 7.05 Å². The molecule has 1 atom stereocenters. The summed E-state index contributed by atoms with van der Waals surface area (Å²) in [6, 6.07) is 3.19. The maximum absolute atomic E-state index is 13.4. The standard InChI is InChI=1S/C13H20ClFN2/c1-9(6-16)7-17(3)8-11-5-13(15)10(2)4-12(11)14/h4-5,9H,6-8,16H2,1-3H3. The Morgan fingerprint density at radius 1 is 1.47 bits per heavy atom. The Kier molecular flexibility index (Phi) is 5.37. The number of hydrogen-bond donors (Lipinski definition) is 1. The molecule has 2 N–H and O–H groups in total. The molecule has 1 unspecified atom stereocenters. The minimum atomic E-state index is -0.204. The van der Waals surface area contributed by atoms with Gasteiger partial charge in [0, 0.05) is 18.1 Å². The van der Waals surface area contributed by atoms with Gasteiger partial charge in [0.2, 0.25) is 0 Å². The molecule has 1 aromatic carbocycles. The number of halogens is 2. The molecule has 0 aromatic heterocycles. The van der Waals surface area contributed by atoms with E-state index in [2.05, 4.69) is 11.8 Å². The molecule has 1 aromatic rings. The first-order chi connectivity index (χ1) is 7.93. The molecule has 4 heteroatoms. The summed E-state index contributed by atoms with van der Waals surface area (Å²) in [5, 5.41) is 0.621. The lowest BCUT2D eigenvalue weighted by Crippen LogP contribution is -2.28. The van der Waals surface area contributed by atoms with E-state index in [1.54, 1.807) is 13.0 Å². The number of rotatable bonds is 5. The largest absolute Gasteiger partial charge is 0.330 e. The van der Waals surface area contributed by atoms with Crippen molar-refractivity contribution in [2.75, 3.05) is 20.1 Å². The van der Waals surface area contributed by atoms with Gasteiger partial charge in [-0.15, -0.1) is 0 Å². The van der Waals surface area contributed by atoms with Crippen LogP contribution in [-0.2, 0) is 6.54 Å². The van der Waals surface area contributed by atoms with Crippen molar-refractivity contribution in [3.05, 3.63) is 34.1 Å². The van der Waals surface area contributed by atoms with E-state index < -0.39 is 0 Å². The number of nitrogens with zero attached hydrogens (tertiary/aromatic N) is 1. The minimum absolute atomic E-state index is 0.204. The Bertz CT molecular complexity index is 382. The van der Waals surface area contributed by atoms with Crippen LogP contribution in [0.3, 0.4) is 0 Å². The van der Waals surface area contributed by atoms with E-state index in [0.29, 0.717) is 29.6 Å². The van der Waals surface area contributed by atoms with Gasteiger partial charge < -0.3 is 10.6 Å². The molecule has 96 valence electrons. The van der Waals surface area contributed by atoms with Crippen LogP contribution in [0.15, 0.2) is 12.1 Å². The van der Waals surface area contributed by atoms with Crippen molar-refractivity contribution in [2.24, 2.45) is 11.7 Å². The number of benzene rings is 1. The highest BCUT2D eigenvalue weighted by atomic mass is 35.5. The van der Waals surface area contributed by atoms with Crippen LogP contribution in [0.1, 0.15) is 18.1 Å². The molecule has 0 amide bonds. The van der Waals surface area contributed by atoms with Gasteiger partial charge in [-0.2, -0.15) is 0 Å². The summed E-state index contributed by atoms with van der Waals surface area (Å²) < 4.78 is 13.4. The van der Waals surface area contributed by atoms with Gasteiger partial charge >= 0.3 is 0 Å². The van der Waals surface area contributed by atoms with Crippen LogP contribution in [0.5, 0.6) is 0 Å². The predicted molar refractivity (Wildman–Crippen MR) is 70.7 cm³/mol. The lowest BCUT2D eigenvalue weighted by Gasteiger charge is -2.21. The van der Waals surface area contributed by atoms with Gasteiger partial charge in [-0.05, 0) is 49.7 Å². The predicted octanol–water partition coefficient (Wildman–Crippen LogP) is 2.81. The molecule has 0 aliphatic rings. The molecule has 17 heavy (non-hydrogen) atoms. The Labute approximate surface area is 108 Å². The first kappa shape index (κ1) is 14.4. The zero-order valence-corrected chi connectivity index (χ0v) is 11.4. The van der Waals surface area contributed by atoms with Crippen LogP contribution in [0.4, 0.5) is 4.39 Å². The van der Waals surface area contributed by atoms with Gasteiger partial charge in [0.15, 0.2) is 0 Å². The van der Waals surface area contributed by atoms with E-state index in [4.69, 9.17) is 17.3 Å². The Morgan fingerprint density at radius 2 is 2.12 bits per heavy atom. The molecule has 0 bridgehead atoms. The molecule has 0 heterocycles. The van der Waals surface area contributed by atoms with Crippen molar-refractivity contribution in [2.45, 2.75) is 20.4 Å². The monoisotopic (exact) mass is 258 g/mol. The molecule has 0 fully saturated rings. The SMILES string of the molecule is Cc1cc(Cl)c(CN(C)CC(C)CN)cc1F. The summed E-state index contributed by atoms with van der Waals surface area (Å²) in [4.78, 5) is 2.10. The van der Waals surface area contributed by atoms with Crippen molar-refractivity contribution in [3.8, 4) is 0 Å². The molecule has 0 aliphatic heterocycles. The van der Waals surface area contributed by atoms with Crippen LogP contribution >= 0.6 is 11.6 Å². The molecule has 2 nitrogen and oxygen atoms in total. The fourth-order valence-corrected chi connectivity index (χ4v) is 2.05. The van der Waals surface area contributed by atoms with Crippen LogP contribution < -0.4 is 5.73 Å². The summed E-state index contributed by atoms with van der Waals surface area (Å²) in [6.07, 6.45) is 0. The highest BCUT2D eigenvalue weighted by Crippen LogP contribution is 2.21. The van der Waals surface area contributed by atoms with Crippen molar-refractivity contribution in [3.63, 3.8) is 0 Å². The van der Waals surface area contributed by atoms with Gasteiger partial charge in [-0.1, -0.05) is 18.5 Å². The van der Waals surface area contributed by atoms with E-state index in [-0.39, 0.29) is 5.82 Å². The van der Waals surface area contributed by atoms with Gasteiger partial charge in [0.1, 0.15) is 5.82 Å². The molecule has 0 radical (unpaired) electrons. The minimum Gasteiger partial charge on any atom is -0.330 e. The molecule has 1 rings (SSSR count). The summed E-state index contributed by atoms with van der Waals surface area (Å²) in [5.41, 5.74) is 6.98. The molecule has 0 saturated carbocycles. The third kappa shape index (κ3) is 4.26. The van der Waals surface area contributed by atoms with Gasteiger partial charge in [-0.3, -0.25) is 0 Å². The zero-order valence-electron chi connectivity index (χ0n) is 10.6. The fraction of sp³-hybridized carbons (Fsp3) is 0.538. The van der Waals surface area contributed by atoms with Gasteiger partial charge in [-0.25, -0.2) is 4.39 Å². The molecule has 0 spiro atoms. The zero-order chi connectivity index (χ0) is 13.0. The van der Waals surface area contributed by atoms with Crippen LogP contribution in [0.25, 0.3) is 0 Å². The first-order valence-electron chi connectivity index (χ1n) is 5.77. The van der Waals surface area contributed by atoms with Crippen LogP contribution in [-0.4, -0.2) is 25.0 Å². The highest BCUT2D eigenvalue weighted by Gasteiger charge is 2.10. The molecular weight excluding hydrogens is 239 g/mol. The number of nitrogens with two attached hydrogens (primary N) is 1. The highest BCUT2D eigenvalue weighted by molar-refractivity contribution is 6.31. The van der Waals surface area contributed by atoms with Crippen molar-refractivity contribution in [1.29, 1.82) is 0 Å². The van der Waals surface area contributed by atoms with E-state index in [0.717, 1.165) is 12.1 Å². The Morgan fingerprint density at radius 3 is 2.71 bits per heavy atom. The smallest absolute Gasteiger partial charge is 0.126 e. The van der Waals surface area contributed by atoms with Crippen LogP contribution in [0.2, 0.25) is 5.02 Å². The summed E-state index contributed by atoms with van der Waals surface area (Å²) in [7, 11) is 1.99. The average molecular weight is 259 g/mol.